The van der Waals surface area contributed by atoms with E-state index in [1.54, 1.807) is 6.92 Å². The third kappa shape index (κ3) is 7.31. The Morgan fingerprint density at radius 2 is 2.12 bits per heavy atom. The number of nitrogens with one attached hydrogen (secondary N) is 1. The van der Waals surface area contributed by atoms with Crippen molar-refractivity contribution in [1.82, 2.24) is 10.2 Å². The van der Waals surface area contributed by atoms with Gasteiger partial charge in [0.15, 0.2) is 0 Å². The molecule has 0 aliphatic carbocycles. The molecular formula is C12H27N3O2. The summed E-state index contributed by atoms with van der Waals surface area (Å²) in [6.45, 7) is 4.86. The Bertz CT molecular complexity index is 230. The van der Waals surface area contributed by atoms with Crippen molar-refractivity contribution in [3.05, 3.63) is 0 Å². The SMILES string of the molecule is CCCC(CN)C(=O)NCC(C)(O)CN(C)C. The Kier molecular flexibility index (Phi) is 7.34. The van der Waals surface area contributed by atoms with Gasteiger partial charge < -0.3 is 21.1 Å². The van der Waals surface area contributed by atoms with Gasteiger partial charge in [-0.15, -0.1) is 0 Å². The van der Waals surface area contributed by atoms with E-state index in [1.807, 2.05) is 25.9 Å². The lowest BCUT2D eigenvalue weighted by Gasteiger charge is -2.27. The highest BCUT2D eigenvalue weighted by molar-refractivity contribution is 5.78. The maximum absolute atomic E-state index is 11.8. The molecule has 0 aromatic carbocycles. The largest absolute Gasteiger partial charge is 0.387 e. The molecule has 1 amide bonds. The maximum Gasteiger partial charge on any atom is 0.224 e. The second-order valence-electron chi connectivity index (χ2n) is 5.17. The second kappa shape index (κ2) is 7.63. The Morgan fingerprint density at radius 1 is 1.53 bits per heavy atom. The van der Waals surface area contributed by atoms with Crippen LogP contribution in [0.2, 0.25) is 0 Å². The number of rotatable bonds is 8. The average Bonchev–Trinajstić information content (AvgIpc) is 2.21. The highest BCUT2D eigenvalue weighted by atomic mass is 16.3. The van der Waals surface area contributed by atoms with Gasteiger partial charge in [0.2, 0.25) is 5.91 Å². The van der Waals surface area contributed by atoms with E-state index in [4.69, 9.17) is 5.73 Å². The number of nitrogens with zero attached hydrogens (tertiary/aromatic N) is 1. The number of aliphatic hydroxyl groups is 1. The molecule has 0 fully saturated rings. The highest BCUT2D eigenvalue weighted by Crippen LogP contribution is 2.07. The molecule has 0 aliphatic rings. The molecule has 0 saturated heterocycles. The van der Waals surface area contributed by atoms with Gasteiger partial charge in [-0.05, 0) is 27.4 Å². The van der Waals surface area contributed by atoms with Crippen molar-refractivity contribution in [2.75, 3.05) is 33.7 Å². The van der Waals surface area contributed by atoms with Crippen molar-refractivity contribution >= 4 is 5.91 Å². The van der Waals surface area contributed by atoms with Crippen LogP contribution in [0.4, 0.5) is 0 Å². The highest BCUT2D eigenvalue weighted by Gasteiger charge is 2.24. The molecule has 0 aliphatic heterocycles. The molecule has 102 valence electrons. The lowest BCUT2D eigenvalue weighted by atomic mass is 10.0. The fraction of sp³-hybridized carbons (Fsp3) is 0.917. The lowest BCUT2D eigenvalue weighted by molar-refractivity contribution is -0.126. The van der Waals surface area contributed by atoms with Crippen LogP contribution in [0, 0.1) is 5.92 Å². The first-order valence-corrected chi connectivity index (χ1v) is 6.17. The molecule has 0 spiro atoms. The van der Waals surface area contributed by atoms with Crippen molar-refractivity contribution in [3.8, 4) is 0 Å². The molecule has 0 aromatic rings. The van der Waals surface area contributed by atoms with Crippen LogP contribution in [0.25, 0.3) is 0 Å². The van der Waals surface area contributed by atoms with E-state index < -0.39 is 5.60 Å². The molecule has 0 aromatic heterocycles. The van der Waals surface area contributed by atoms with Gasteiger partial charge in [0.25, 0.3) is 0 Å². The van der Waals surface area contributed by atoms with E-state index in [0.717, 1.165) is 12.8 Å². The summed E-state index contributed by atoms with van der Waals surface area (Å²) < 4.78 is 0. The first kappa shape index (κ1) is 16.4. The molecule has 2 unspecified atom stereocenters. The predicted octanol–water partition coefficient (Wildman–Crippen LogP) is -0.210. The van der Waals surface area contributed by atoms with E-state index in [0.29, 0.717) is 13.1 Å². The van der Waals surface area contributed by atoms with E-state index in [1.165, 1.54) is 0 Å². The Balaban J connectivity index is 4.12. The van der Waals surface area contributed by atoms with Crippen LogP contribution in [0.3, 0.4) is 0 Å². The van der Waals surface area contributed by atoms with Crippen molar-refractivity contribution in [2.45, 2.75) is 32.3 Å². The number of nitrogens with two attached hydrogens (primary N) is 1. The minimum Gasteiger partial charge on any atom is -0.387 e. The summed E-state index contributed by atoms with van der Waals surface area (Å²) in [4.78, 5) is 13.7. The zero-order chi connectivity index (χ0) is 13.5. The van der Waals surface area contributed by atoms with E-state index >= 15 is 0 Å². The van der Waals surface area contributed by atoms with Crippen LogP contribution < -0.4 is 11.1 Å². The quantitative estimate of drug-likeness (QED) is 0.553. The van der Waals surface area contributed by atoms with Crippen molar-refractivity contribution in [2.24, 2.45) is 11.7 Å². The maximum atomic E-state index is 11.8. The predicted molar refractivity (Wildman–Crippen MR) is 69.6 cm³/mol. The van der Waals surface area contributed by atoms with Gasteiger partial charge >= 0.3 is 0 Å². The first-order chi connectivity index (χ1) is 7.82. The number of amides is 1. The summed E-state index contributed by atoms with van der Waals surface area (Å²) in [6, 6.07) is 0. The molecule has 0 heterocycles. The molecule has 0 rings (SSSR count). The summed E-state index contributed by atoms with van der Waals surface area (Å²) in [7, 11) is 3.77. The molecule has 5 nitrogen and oxygen atoms in total. The van der Waals surface area contributed by atoms with Gasteiger partial charge in [-0.1, -0.05) is 13.3 Å². The molecule has 5 heteroatoms. The second-order valence-corrected chi connectivity index (χ2v) is 5.17. The van der Waals surface area contributed by atoms with Crippen LogP contribution in [0.5, 0.6) is 0 Å². The molecule has 17 heavy (non-hydrogen) atoms. The summed E-state index contributed by atoms with van der Waals surface area (Å²) >= 11 is 0. The summed E-state index contributed by atoms with van der Waals surface area (Å²) in [5.41, 5.74) is 4.64. The molecular weight excluding hydrogens is 218 g/mol. The van der Waals surface area contributed by atoms with Gasteiger partial charge in [0.05, 0.1) is 11.5 Å². The topological polar surface area (TPSA) is 78.6 Å². The van der Waals surface area contributed by atoms with Gasteiger partial charge in [-0.2, -0.15) is 0 Å². The van der Waals surface area contributed by atoms with E-state index in [2.05, 4.69) is 5.32 Å². The summed E-state index contributed by atoms with van der Waals surface area (Å²) in [6.07, 6.45) is 1.72. The van der Waals surface area contributed by atoms with Gasteiger partial charge in [0.1, 0.15) is 0 Å². The van der Waals surface area contributed by atoms with E-state index in [9.17, 15) is 9.90 Å². The van der Waals surface area contributed by atoms with Crippen molar-refractivity contribution in [3.63, 3.8) is 0 Å². The van der Waals surface area contributed by atoms with Gasteiger partial charge in [-0.25, -0.2) is 0 Å². The lowest BCUT2D eigenvalue weighted by Crippen LogP contribution is -2.48. The summed E-state index contributed by atoms with van der Waals surface area (Å²) in [5, 5.41) is 12.8. The zero-order valence-corrected chi connectivity index (χ0v) is 11.5. The third-order valence-corrected chi connectivity index (χ3v) is 2.59. The van der Waals surface area contributed by atoms with E-state index in [-0.39, 0.29) is 18.4 Å². The fourth-order valence-electron chi connectivity index (χ4n) is 1.86. The zero-order valence-electron chi connectivity index (χ0n) is 11.5. The van der Waals surface area contributed by atoms with Crippen LogP contribution in [-0.4, -0.2) is 55.2 Å². The molecule has 0 saturated carbocycles. The number of likely N-dealkylation sites (N-methyl/N-ethyl adjacent to an activating group) is 1. The van der Waals surface area contributed by atoms with Crippen LogP contribution in [0.15, 0.2) is 0 Å². The molecule has 4 N–H and O–H groups in total. The monoisotopic (exact) mass is 245 g/mol. The Morgan fingerprint density at radius 3 is 2.53 bits per heavy atom. The molecule has 0 radical (unpaired) electrons. The Labute approximate surface area is 104 Å². The molecule has 0 bridgehead atoms. The minimum atomic E-state index is -0.912. The van der Waals surface area contributed by atoms with Crippen molar-refractivity contribution < 1.29 is 9.90 Å². The fourth-order valence-corrected chi connectivity index (χ4v) is 1.86. The van der Waals surface area contributed by atoms with Crippen LogP contribution >= 0.6 is 0 Å². The average molecular weight is 245 g/mol. The normalized spacial score (nSPS) is 16.6. The number of carbonyl (C=O) groups is 1. The van der Waals surface area contributed by atoms with Gasteiger partial charge in [-0.3, -0.25) is 4.79 Å². The Hall–Kier alpha value is -0.650. The van der Waals surface area contributed by atoms with Crippen LogP contribution in [0.1, 0.15) is 26.7 Å². The number of hydrogen-bond acceptors (Lipinski definition) is 4. The van der Waals surface area contributed by atoms with Gasteiger partial charge in [0, 0.05) is 19.6 Å². The third-order valence-electron chi connectivity index (χ3n) is 2.59. The summed E-state index contributed by atoms with van der Waals surface area (Å²) in [5.74, 6) is -0.205. The van der Waals surface area contributed by atoms with Crippen molar-refractivity contribution in [1.29, 1.82) is 0 Å². The number of hydrogen-bond donors (Lipinski definition) is 3. The molecule has 2 atom stereocenters. The smallest absolute Gasteiger partial charge is 0.224 e. The number of carbonyl (C=O) groups excluding carboxylic acids is 1. The van der Waals surface area contributed by atoms with Crippen LogP contribution in [-0.2, 0) is 4.79 Å². The standard InChI is InChI=1S/C12H27N3O2/c1-5-6-10(7-13)11(16)14-8-12(2,17)9-15(3)4/h10,17H,5-9,13H2,1-4H3,(H,14,16). The minimum absolute atomic E-state index is 0.0617. The first-order valence-electron chi connectivity index (χ1n) is 6.17.